The number of aromatic nitrogens is 5. The standard InChI is InChI=1S/C11H16N8/c1-2-13-8-5-9(16-11(12)15-8)18-3-4-19-7-14-17-10(19)6-18/h5,7H,2-4,6H2,1H3,(H3,12,13,15,16). The lowest BCUT2D eigenvalue weighted by atomic mass is 10.3. The van der Waals surface area contributed by atoms with E-state index in [0.29, 0.717) is 6.54 Å². The van der Waals surface area contributed by atoms with Gasteiger partial charge in [-0.2, -0.15) is 9.97 Å². The Morgan fingerprint density at radius 2 is 2.26 bits per heavy atom. The zero-order chi connectivity index (χ0) is 13.2. The number of nitrogens with zero attached hydrogens (tertiary/aromatic N) is 6. The van der Waals surface area contributed by atoms with Gasteiger partial charge in [0.2, 0.25) is 5.95 Å². The first-order chi connectivity index (χ1) is 9.26. The summed E-state index contributed by atoms with van der Waals surface area (Å²) in [6.45, 7) is 5.20. The molecule has 0 aromatic carbocycles. The summed E-state index contributed by atoms with van der Waals surface area (Å²) < 4.78 is 2.05. The van der Waals surface area contributed by atoms with Crippen LogP contribution >= 0.6 is 0 Å². The van der Waals surface area contributed by atoms with Crippen molar-refractivity contribution in [1.82, 2.24) is 24.7 Å². The molecule has 0 bridgehead atoms. The van der Waals surface area contributed by atoms with Crippen LogP contribution < -0.4 is 16.0 Å². The number of anilines is 3. The molecule has 3 rings (SSSR count). The van der Waals surface area contributed by atoms with Crippen LogP contribution in [0, 0.1) is 0 Å². The summed E-state index contributed by atoms with van der Waals surface area (Å²) in [6, 6.07) is 1.91. The fraction of sp³-hybridized carbons (Fsp3) is 0.455. The molecule has 19 heavy (non-hydrogen) atoms. The average Bonchev–Trinajstić information content (AvgIpc) is 2.85. The van der Waals surface area contributed by atoms with Crippen LogP contribution in [0.5, 0.6) is 0 Å². The van der Waals surface area contributed by atoms with Crippen LogP contribution in [-0.2, 0) is 13.1 Å². The molecule has 8 heteroatoms. The Morgan fingerprint density at radius 3 is 3.11 bits per heavy atom. The van der Waals surface area contributed by atoms with Crippen LogP contribution in [0.1, 0.15) is 12.7 Å². The van der Waals surface area contributed by atoms with Gasteiger partial charge in [0.1, 0.15) is 18.0 Å². The van der Waals surface area contributed by atoms with Crippen LogP contribution in [0.2, 0.25) is 0 Å². The predicted octanol–water partition coefficient (Wildman–Crippen LogP) is 0.102. The molecule has 100 valence electrons. The van der Waals surface area contributed by atoms with Crippen LogP contribution in [0.15, 0.2) is 12.4 Å². The molecule has 3 N–H and O–H groups in total. The lowest BCUT2D eigenvalue weighted by Crippen LogP contribution is -2.34. The summed E-state index contributed by atoms with van der Waals surface area (Å²) in [6.07, 6.45) is 1.76. The summed E-state index contributed by atoms with van der Waals surface area (Å²) in [5.74, 6) is 2.78. The van der Waals surface area contributed by atoms with Gasteiger partial charge in [0.05, 0.1) is 6.54 Å². The summed E-state index contributed by atoms with van der Waals surface area (Å²) >= 11 is 0. The van der Waals surface area contributed by atoms with Crippen LogP contribution in [0.25, 0.3) is 0 Å². The van der Waals surface area contributed by atoms with E-state index in [2.05, 4.69) is 30.4 Å². The Balaban J connectivity index is 1.87. The number of rotatable bonds is 3. The first-order valence-corrected chi connectivity index (χ1v) is 6.26. The molecule has 0 spiro atoms. The highest BCUT2D eigenvalue weighted by Gasteiger charge is 2.19. The molecular formula is C11H16N8. The van der Waals surface area contributed by atoms with E-state index < -0.39 is 0 Å². The molecule has 0 aliphatic carbocycles. The normalized spacial score (nSPS) is 14.3. The minimum atomic E-state index is 0.278. The van der Waals surface area contributed by atoms with Crippen molar-refractivity contribution in [2.45, 2.75) is 20.0 Å². The van der Waals surface area contributed by atoms with E-state index in [1.54, 1.807) is 6.33 Å². The fourth-order valence-corrected chi connectivity index (χ4v) is 2.15. The molecule has 2 aromatic heterocycles. The van der Waals surface area contributed by atoms with Gasteiger partial charge in [-0.1, -0.05) is 0 Å². The second-order valence-electron chi connectivity index (χ2n) is 4.36. The Kier molecular flexibility index (Phi) is 2.90. The maximum Gasteiger partial charge on any atom is 0.223 e. The Labute approximate surface area is 110 Å². The smallest absolute Gasteiger partial charge is 0.223 e. The molecule has 3 heterocycles. The van der Waals surface area contributed by atoms with Gasteiger partial charge in [0.15, 0.2) is 5.82 Å². The van der Waals surface area contributed by atoms with Crippen molar-refractivity contribution in [1.29, 1.82) is 0 Å². The third-order valence-electron chi connectivity index (χ3n) is 3.05. The number of hydrogen-bond acceptors (Lipinski definition) is 7. The van der Waals surface area contributed by atoms with Crippen LogP contribution in [0.4, 0.5) is 17.6 Å². The lowest BCUT2D eigenvalue weighted by Gasteiger charge is -2.28. The highest BCUT2D eigenvalue weighted by Crippen LogP contribution is 2.21. The number of hydrogen-bond donors (Lipinski definition) is 2. The minimum Gasteiger partial charge on any atom is -0.370 e. The van der Waals surface area contributed by atoms with E-state index in [4.69, 9.17) is 5.73 Å². The number of nitrogen functional groups attached to an aromatic ring is 1. The van der Waals surface area contributed by atoms with E-state index in [-0.39, 0.29) is 5.95 Å². The summed E-state index contributed by atoms with van der Waals surface area (Å²) in [5, 5.41) is 11.2. The number of nitrogens with one attached hydrogen (secondary N) is 1. The maximum absolute atomic E-state index is 5.75. The van der Waals surface area contributed by atoms with Gasteiger partial charge in [0, 0.05) is 25.7 Å². The molecule has 0 unspecified atom stereocenters. The number of fused-ring (bicyclic) bond motifs is 1. The lowest BCUT2D eigenvalue weighted by molar-refractivity contribution is 0.556. The third kappa shape index (κ3) is 2.28. The maximum atomic E-state index is 5.75. The largest absolute Gasteiger partial charge is 0.370 e. The Morgan fingerprint density at radius 1 is 1.37 bits per heavy atom. The quantitative estimate of drug-likeness (QED) is 0.807. The van der Waals surface area contributed by atoms with E-state index in [1.165, 1.54) is 0 Å². The van der Waals surface area contributed by atoms with Gasteiger partial charge in [-0.15, -0.1) is 10.2 Å². The van der Waals surface area contributed by atoms with Crippen molar-refractivity contribution in [2.75, 3.05) is 29.0 Å². The van der Waals surface area contributed by atoms with E-state index >= 15 is 0 Å². The predicted molar refractivity (Wildman–Crippen MR) is 71.7 cm³/mol. The van der Waals surface area contributed by atoms with Crippen molar-refractivity contribution >= 4 is 17.6 Å². The Bertz CT molecular complexity index is 578. The average molecular weight is 260 g/mol. The highest BCUT2D eigenvalue weighted by atomic mass is 15.3. The Hall–Kier alpha value is -2.38. The SMILES string of the molecule is CCNc1cc(N2CCn3cnnc3C2)nc(N)n1. The van der Waals surface area contributed by atoms with Gasteiger partial charge in [-0.25, -0.2) is 0 Å². The zero-order valence-corrected chi connectivity index (χ0v) is 10.7. The summed E-state index contributed by atoms with van der Waals surface area (Å²) in [4.78, 5) is 10.6. The summed E-state index contributed by atoms with van der Waals surface area (Å²) in [7, 11) is 0. The molecule has 8 nitrogen and oxygen atoms in total. The molecule has 0 saturated heterocycles. The molecule has 0 amide bonds. The minimum absolute atomic E-state index is 0.278. The summed E-state index contributed by atoms with van der Waals surface area (Å²) in [5.41, 5.74) is 5.75. The zero-order valence-electron chi connectivity index (χ0n) is 10.7. The highest BCUT2D eigenvalue weighted by molar-refractivity contribution is 5.52. The van der Waals surface area contributed by atoms with Crippen molar-refractivity contribution in [2.24, 2.45) is 0 Å². The third-order valence-corrected chi connectivity index (χ3v) is 3.05. The van der Waals surface area contributed by atoms with Crippen LogP contribution in [0.3, 0.4) is 0 Å². The topological polar surface area (TPSA) is 97.8 Å². The second kappa shape index (κ2) is 4.71. The van der Waals surface area contributed by atoms with Crippen molar-refractivity contribution in [3.63, 3.8) is 0 Å². The fourth-order valence-electron chi connectivity index (χ4n) is 2.15. The van der Waals surface area contributed by atoms with E-state index in [1.807, 2.05) is 17.6 Å². The van der Waals surface area contributed by atoms with E-state index in [9.17, 15) is 0 Å². The van der Waals surface area contributed by atoms with Gasteiger partial charge in [-0.3, -0.25) is 0 Å². The monoisotopic (exact) mass is 260 g/mol. The molecule has 0 saturated carbocycles. The van der Waals surface area contributed by atoms with Crippen molar-refractivity contribution < 1.29 is 0 Å². The molecule has 2 aromatic rings. The van der Waals surface area contributed by atoms with Gasteiger partial charge in [-0.05, 0) is 6.92 Å². The molecule has 0 atom stereocenters. The molecular weight excluding hydrogens is 244 g/mol. The molecule has 0 fully saturated rings. The van der Waals surface area contributed by atoms with Crippen LogP contribution in [-0.4, -0.2) is 37.8 Å². The number of nitrogens with two attached hydrogens (primary N) is 1. The molecule has 0 radical (unpaired) electrons. The first kappa shape index (κ1) is 11.7. The van der Waals surface area contributed by atoms with Gasteiger partial charge >= 0.3 is 0 Å². The molecule has 1 aliphatic rings. The second-order valence-corrected chi connectivity index (χ2v) is 4.36. The van der Waals surface area contributed by atoms with Gasteiger partial charge < -0.3 is 20.5 Å². The molecule has 1 aliphatic heterocycles. The van der Waals surface area contributed by atoms with Crippen molar-refractivity contribution in [3.05, 3.63) is 18.2 Å². The van der Waals surface area contributed by atoms with E-state index in [0.717, 1.165) is 37.1 Å². The van der Waals surface area contributed by atoms with Crippen molar-refractivity contribution in [3.8, 4) is 0 Å². The van der Waals surface area contributed by atoms with Gasteiger partial charge in [0.25, 0.3) is 0 Å². The first-order valence-electron chi connectivity index (χ1n) is 6.26.